The van der Waals surface area contributed by atoms with Crippen molar-refractivity contribution in [1.29, 1.82) is 0 Å². The molecule has 0 amide bonds. The van der Waals surface area contributed by atoms with Gasteiger partial charge in [0, 0.05) is 12.0 Å². The lowest BCUT2D eigenvalue weighted by Gasteiger charge is -2.62. The van der Waals surface area contributed by atoms with Crippen LogP contribution in [-0.2, 0) is 38.1 Å². The van der Waals surface area contributed by atoms with Crippen molar-refractivity contribution in [3.05, 3.63) is 12.2 Å². The van der Waals surface area contributed by atoms with Crippen LogP contribution in [0.15, 0.2) is 12.2 Å². The molecule has 1 saturated heterocycles. The van der Waals surface area contributed by atoms with Crippen molar-refractivity contribution in [2.75, 3.05) is 6.61 Å². The normalized spacial score (nSPS) is 35.5. The van der Waals surface area contributed by atoms with Gasteiger partial charge < -0.3 is 18.9 Å². The molecule has 8 heteroatoms. The highest BCUT2D eigenvalue weighted by molar-refractivity contribution is 5.97. The summed E-state index contributed by atoms with van der Waals surface area (Å²) in [6.45, 7) is 10.7. The molecule has 0 N–H and O–H groups in total. The summed E-state index contributed by atoms with van der Waals surface area (Å²) in [5, 5.41) is 0. The smallest absolute Gasteiger partial charge is 0.347 e. The van der Waals surface area contributed by atoms with Gasteiger partial charge in [-0.1, -0.05) is 6.58 Å². The standard InChI is InChI=1S/C25H34O8/c1-14(2)19(26)33-25-11-15-8-16(12-25)10-24(9-15,13-25)18(22(29)32-23(3,4)5)21(28)31-17-6-7-30-20(17)27/h15-18H,1,6-13H2,2-5H3. The Morgan fingerprint density at radius 1 is 1.09 bits per heavy atom. The van der Waals surface area contributed by atoms with E-state index in [4.69, 9.17) is 18.9 Å². The van der Waals surface area contributed by atoms with Gasteiger partial charge in [-0.2, -0.15) is 0 Å². The molecule has 0 aromatic heterocycles. The second-order valence-corrected chi connectivity index (χ2v) is 11.5. The number of carbonyl (C=O) groups is 4. The molecule has 1 aliphatic heterocycles. The minimum absolute atomic E-state index is 0.184. The molecule has 4 atom stereocenters. The summed E-state index contributed by atoms with van der Waals surface area (Å²) in [7, 11) is 0. The van der Waals surface area contributed by atoms with Gasteiger partial charge in [0.05, 0.1) is 6.61 Å². The molecule has 33 heavy (non-hydrogen) atoms. The third kappa shape index (κ3) is 4.66. The second-order valence-electron chi connectivity index (χ2n) is 11.5. The van der Waals surface area contributed by atoms with Gasteiger partial charge in [0.2, 0.25) is 6.10 Å². The fourth-order valence-corrected chi connectivity index (χ4v) is 6.74. The molecule has 1 heterocycles. The Balaban J connectivity index is 1.67. The first-order valence-corrected chi connectivity index (χ1v) is 11.8. The van der Waals surface area contributed by atoms with Gasteiger partial charge >= 0.3 is 23.9 Å². The number of cyclic esters (lactones) is 1. The van der Waals surface area contributed by atoms with E-state index in [9.17, 15) is 19.2 Å². The van der Waals surface area contributed by atoms with Gasteiger partial charge in [0.15, 0.2) is 5.92 Å². The Labute approximate surface area is 194 Å². The molecule has 8 nitrogen and oxygen atoms in total. The van der Waals surface area contributed by atoms with Crippen molar-refractivity contribution >= 4 is 23.9 Å². The Kier molecular flexibility index (Phi) is 5.86. The lowest BCUT2D eigenvalue weighted by Crippen LogP contribution is -2.62. The summed E-state index contributed by atoms with van der Waals surface area (Å²) in [6.07, 6.45) is 3.38. The van der Waals surface area contributed by atoms with Crippen LogP contribution in [0.2, 0.25) is 0 Å². The molecule has 0 aromatic carbocycles. The predicted octanol–water partition coefficient (Wildman–Crippen LogP) is 3.26. The van der Waals surface area contributed by atoms with E-state index in [1.165, 1.54) is 0 Å². The zero-order valence-electron chi connectivity index (χ0n) is 19.9. The Bertz CT molecular complexity index is 867. The summed E-state index contributed by atoms with van der Waals surface area (Å²) in [5.41, 5.74) is -1.95. The molecular weight excluding hydrogens is 428 g/mol. The van der Waals surface area contributed by atoms with E-state index in [-0.39, 0.29) is 24.9 Å². The topological polar surface area (TPSA) is 105 Å². The van der Waals surface area contributed by atoms with Crippen LogP contribution < -0.4 is 0 Å². The van der Waals surface area contributed by atoms with Crippen molar-refractivity contribution in [3.63, 3.8) is 0 Å². The molecule has 4 aliphatic carbocycles. The maximum Gasteiger partial charge on any atom is 0.347 e. The molecule has 0 radical (unpaired) electrons. The molecule has 4 saturated carbocycles. The molecular formula is C25H34O8. The predicted molar refractivity (Wildman–Crippen MR) is 116 cm³/mol. The maximum absolute atomic E-state index is 13.5. The molecule has 0 spiro atoms. The number of rotatable bonds is 6. The summed E-state index contributed by atoms with van der Waals surface area (Å²) in [5.74, 6) is -3.17. The highest BCUT2D eigenvalue weighted by Gasteiger charge is 2.65. The average molecular weight is 463 g/mol. The Morgan fingerprint density at radius 3 is 2.24 bits per heavy atom. The van der Waals surface area contributed by atoms with E-state index in [0.29, 0.717) is 24.8 Å². The number of carbonyl (C=O) groups excluding carboxylic acids is 4. The van der Waals surface area contributed by atoms with Crippen LogP contribution in [0.25, 0.3) is 0 Å². The minimum Gasteiger partial charge on any atom is -0.463 e. The van der Waals surface area contributed by atoms with Crippen LogP contribution in [0.1, 0.15) is 72.6 Å². The first kappa shape index (κ1) is 23.8. The van der Waals surface area contributed by atoms with Crippen molar-refractivity contribution in [3.8, 4) is 0 Å². The largest absolute Gasteiger partial charge is 0.463 e. The van der Waals surface area contributed by atoms with Gasteiger partial charge in [-0.25, -0.2) is 9.59 Å². The number of esters is 4. The Hall–Kier alpha value is -2.38. The van der Waals surface area contributed by atoms with E-state index in [0.717, 1.165) is 19.3 Å². The number of hydrogen-bond acceptors (Lipinski definition) is 8. The van der Waals surface area contributed by atoms with Crippen LogP contribution in [0.4, 0.5) is 0 Å². The van der Waals surface area contributed by atoms with E-state index >= 15 is 0 Å². The fraction of sp³-hybridized carbons (Fsp3) is 0.760. The molecule has 4 unspecified atom stereocenters. The Morgan fingerprint density at radius 2 is 1.73 bits per heavy atom. The van der Waals surface area contributed by atoms with E-state index in [1.807, 2.05) is 0 Å². The molecule has 5 fully saturated rings. The first-order chi connectivity index (χ1) is 15.3. The van der Waals surface area contributed by atoms with Crippen molar-refractivity contribution in [2.24, 2.45) is 23.2 Å². The van der Waals surface area contributed by atoms with E-state index in [1.54, 1.807) is 27.7 Å². The quantitative estimate of drug-likeness (QED) is 0.256. The fourth-order valence-electron chi connectivity index (χ4n) is 6.74. The lowest BCUT2D eigenvalue weighted by atomic mass is 9.45. The van der Waals surface area contributed by atoms with E-state index < -0.39 is 52.5 Å². The molecule has 5 aliphatic rings. The van der Waals surface area contributed by atoms with Gasteiger partial charge in [0.25, 0.3) is 0 Å². The molecule has 4 bridgehead atoms. The average Bonchev–Trinajstić information content (AvgIpc) is 3.02. The van der Waals surface area contributed by atoms with Crippen LogP contribution >= 0.6 is 0 Å². The van der Waals surface area contributed by atoms with Crippen LogP contribution in [0, 0.1) is 23.2 Å². The summed E-state index contributed by atoms with van der Waals surface area (Å²) in [4.78, 5) is 51.3. The molecule has 182 valence electrons. The third-order valence-corrected chi connectivity index (χ3v) is 7.35. The molecule has 5 rings (SSSR count). The zero-order valence-corrected chi connectivity index (χ0v) is 19.9. The highest BCUT2D eigenvalue weighted by atomic mass is 16.6. The SMILES string of the molecule is C=C(C)C(=O)OC12CC3CC(C1)CC(C(C(=O)OC1CCOC1=O)C(=O)OC(C)(C)C)(C3)C2. The first-order valence-electron chi connectivity index (χ1n) is 11.8. The van der Waals surface area contributed by atoms with Gasteiger partial charge in [-0.05, 0) is 83.5 Å². The summed E-state index contributed by atoms with van der Waals surface area (Å²) >= 11 is 0. The van der Waals surface area contributed by atoms with Gasteiger partial charge in [0.1, 0.15) is 11.2 Å². The maximum atomic E-state index is 13.5. The van der Waals surface area contributed by atoms with Crippen molar-refractivity contribution < 1.29 is 38.1 Å². The van der Waals surface area contributed by atoms with Crippen molar-refractivity contribution in [1.82, 2.24) is 0 Å². The number of ether oxygens (including phenoxy) is 4. The van der Waals surface area contributed by atoms with Crippen LogP contribution in [0.3, 0.4) is 0 Å². The minimum atomic E-state index is -1.20. The van der Waals surface area contributed by atoms with Crippen molar-refractivity contribution in [2.45, 2.75) is 89.9 Å². The second kappa shape index (κ2) is 8.13. The number of hydrogen-bond donors (Lipinski definition) is 0. The highest BCUT2D eigenvalue weighted by Crippen LogP contribution is 2.65. The molecule has 0 aromatic rings. The van der Waals surface area contributed by atoms with E-state index in [2.05, 4.69) is 6.58 Å². The van der Waals surface area contributed by atoms with Gasteiger partial charge in [-0.15, -0.1) is 0 Å². The summed E-state index contributed by atoms with van der Waals surface area (Å²) < 4.78 is 22.1. The third-order valence-electron chi connectivity index (χ3n) is 7.35. The van der Waals surface area contributed by atoms with Gasteiger partial charge in [-0.3, -0.25) is 9.59 Å². The monoisotopic (exact) mass is 462 g/mol. The lowest BCUT2D eigenvalue weighted by molar-refractivity contribution is -0.218. The van der Waals surface area contributed by atoms with Crippen LogP contribution in [0.5, 0.6) is 0 Å². The summed E-state index contributed by atoms with van der Waals surface area (Å²) in [6, 6.07) is 0. The zero-order chi connectivity index (χ0) is 24.2. The van der Waals surface area contributed by atoms with Crippen LogP contribution in [-0.4, -0.2) is 47.8 Å².